The van der Waals surface area contributed by atoms with Gasteiger partial charge in [-0.1, -0.05) is 194 Å². The van der Waals surface area contributed by atoms with E-state index in [0.717, 1.165) is 25.7 Å². The zero-order valence-electron chi connectivity index (χ0n) is 36.3. The van der Waals surface area contributed by atoms with E-state index in [4.69, 9.17) is 14.9 Å². The molecule has 0 aromatic rings. The second kappa shape index (κ2) is 47.5. The van der Waals surface area contributed by atoms with Crippen molar-refractivity contribution in [2.24, 2.45) is 0 Å². The van der Waals surface area contributed by atoms with Crippen LogP contribution in [0.3, 0.4) is 0 Å². The molecule has 0 saturated heterocycles. The molecule has 0 rings (SSSR count). The Balaban J connectivity index is -0.000000747. The summed E-state index contributed by atoms with van der Waals surface area (Å²) < 4.78 is 14.0. The molecular formula is C45H86O10. The van der Waals surface area contributed by atoms with Gasteiger partial charge in [-0.2, -0.15) is 0 Å². The van der Waals surface area contributed by atoms with Crippen molar-refractivity contribution in [3.05, 3.63) is 0 Å². The molecule has 0 aromatic carbocycles. The van der Waals surface area contributed by atoms with E-state index in [9.17, 15) is 24.0 Å². The number of rotatable bonds is 37. The van der Waals surface area contributed by atoms with E-state index in [2.05, 4.69) is 23.3 Å². The lowest BCUT2D eigenvalue weighted by Crippen LogP contribution is -2.29. The highest BCUT2D eigenvalue weighted by atomic mass is 16.6. The minimum atomic E-state index is -0.754. The molecule has 55 heavy (non-hydrogen) atoms. The summed E-state index contributed by atoms with van der Waals surface area (Å²) in [6.45, 7) is 7.98. The topological polar surface area (TPSA) is 154 Å². The van der Waals surface area contributed by atoms with E-state index in [0.29, 0.717) is 12.8 Å². The van der Waals surface area contributed by atoms with Crippen LogP contribution >= 0.6 is 0 Å². The van der Waals surface area contributed by atoms with Crippen LogP contribution in [0.5, 0.6) is 0 Å². The largest absolute Gasteiger partial charge is 0.481 e. The molecule has 0 aliphatic carbocycles. The quantitative estimate of drug-likeness (QED) is 0.0353. The summed E-state index contributed by atoms with van der Waals surface area (Å²) in [6.07, 6.45) is 39.6. The van der Waals surface area contributed by atoms with Crippen LogP contribution in [0.2, 0.25) is 0 Å². The first-order chi connectivity index (χ1) is 26.5. The highest BCUT2D eigenvalue weighted by molar-refractivity contribution is 5.68. The average Bonchev–Trinajstić information content (AvgIpc) is 3.12. The summed E-state index contributed by atoms with van der Waals surface area (Å²) >= 11 is 0. The number of ether oxygens (including phenoxy) is 3. The van der Waals surface area contributed by atoms with Gasteiger partial charge in [0.05, 0.1) is 0 Å². The van der Waals surface area contributed by atoms with Crippen LogP contribution in [0, 0.1) is 0 Å². The Morgan fingerprint density at radius 3 is 0.764 bits per heavy atom. The third-order valence-electron chi connectivity index (χ3n) is 9.27. The number of hydrogen-bond acceptors (Lipinski definition) is 8. The van der Waals surface area contributed by atoms with E-state index in [1.54, 1.807) is 0 Å². The molecule has 0 aliphatic heterocycles. The third kappa shape index (κ3) is 60.8. The zero-order chi connectivity index (χ0) is 41.6. The number of esters is 3. The van der Waals surface area contributed by atoms with Crippen LogP contribution in [0.1, 0.15) is 240 Å². The molecule has 0 aromatic heterocycles. The smallest absolute Gasteiger partial charge is 0.303 e. The number of carboxylic acid groups (broad SMARTS) is 2. The highest BCUT2D eigenvalue weighted by Gasteiger charge is 2.15. The molecule has 0 fully saturated rings. The summed E-state index contributed by atoms with van der Waals surface area (Å²) in [7, 11) is 0. The van der Waals surface area contributed by atoms with Crippen LogP contribution in [0.25, 0.3) is 0 Å². The second-order valence-electron chi connectivity index (χ2n) is 15.0. The van der Waals surface area contributed by atoms with Gasteiger partial charge in [0.2, 0.25) is 0 Å². The van der Waals surface area contributed by atoms with Crippen molar-refractivity contribution >= 4 is 29.8 Å². The fraction of sp³-hybridized carbons (Fsp3) is 0.889. The van der Waals surface area contributed by atoms with Crippen molar-refractivity contribution in [1.82, 2.24) is 0 Å². The summed E-state index contributed by atoms with van der Waals surface area (Å²) in [5.41, 5.74) is 0. The van der Waals surface area contributed by atoms with Gasteiger partial charge in [-0.15, -0.1) is 0 Å². The van der Waals surface area contributed by atoms with Crippen molar-refractivity contribution in [3.8, 4) is 0 Å². The third-order valence-corrected chi connectivity index (χ3v) is 9.27. The Kier molecular flexibility index (Phi) is 49.0. The number of unbranched alkanes of at least 4 members (excludes halogenated alkanes) is 28. The summed E-state index contributed by atoms with van der Waals surface area (Å²) in [6, 6.07) is 0. The van der Waals surface area contributed by atoms with Gasteiger partial charge in [0.25, 0.3) is 0 Å². The molecule has 2 N–H and O–H groups in total. The lowest BCUT2D eigenvalue weighted by atomic mass is 10.0. The second-order valence-corrected chi connectivity index (χ2v) is 15.0. The van der Waals surface area contributed by atoms with Gasteiger partial charge in [0.1, 0.15) is 13.2 Å². The minimum Gasteiger partial charge on any atom is -0.481 e. The Hall–Kier alpha value is -2.65. The highest BCUT2D eigenvalue weighted by Crippen LogP contribution is 2.15. The summed E-state index contributed by atoms with van der Waals surface area (Å²) in [5.74, 6) is -2.82. The lowest BCUT2D eigenvalue weighted by Gasteiger charge is -2.15. The van der Waals surface area contributed by atoms with Crippen molar-refractivity contribution in [3.63, 3.8) is 0 Å². The van der Waals surface area contributed by atoms with Gasteiger partial charge in [-0.05, 0) is 12.8 Å². The van der Waals surface area contributed by atoms with E-state index in [-0.39, 0.29) is 13.2 Å². The number of carboxylic acids is 2. The molecule has 0 heterocycles. The monoisotopic (exact) mass is 787 g/mol. The van der Waals surface area contributed by atoms with Crippen molar-refractivity contribution in [1.29, 1.82) is 0 Å². The number of hydrogen-bond donors (Lipinski definition) is 2. The first kappa shape index (κ1) is 56.7. The maximum atomic E-state index is 10.6. The van der Waals surface area contributed by atoms with E-state index in [1.165, 1.54) is 188 Å². The first-order valence-corrected chi connectivity index (χ1v) is 22.3. The predicted molar refractivity (Wildman–Crippen MR) is 223 cm³/mol. The van der Waals surface area contributed by atoms with Crippen LogP contribution in [0.15, 0.2) is 0 Å². The standard InChI is InChI=1S/2C18H36O2.C9H14O6/c2*1-2-3-4-5-6-7-8-9-10-11-12-13-14-15-16-17-18(19)20;1-6(10)13-4-9(15-8(3)12)5-14-7(2)11/h2*2-17H2,1H3,(H,19,20);9H,4-5H2,1-3H3. The molecule has 326 valence electrons. The van der Waals surface area contributed by atoms with Crippen molar-refractivity contribution < 1.29 is 48.4 Å². The van der Waals surface area contributed by atoms with Gasteiger partial charge in [0, 0.05) is 33.6 Å². The van der Waals surface area contributed by atoms with Crippen LogP contribution in [-0.4, -0.2) is 59.4 Å². The SMILES string of the molecule is CC(=O)OCC(COC(C)=O)OC(C)=O.CCCCCCCCCCCCCCCCCC(=O)O.CCCCCCCCCCCCCCCCCC(=O)O. The fourth-order valence-electron chi connectivity index (χ4n) is 6.07. The minimum absolute atomic E-state index is 0.123. The van der Waals surface area contributed by atoms with Crippen molar-refractivity contribution in [2.45, 2.75) is 246 Å². The molecule has 0 unspecified atom stereocenters. The Morgan fingerprint density at radius 1 is 0.364 bits per heavy atom. The maximum Gasteiger partial charge on any atom is 0.303 e. The molecule has 0 aliphatic rings. The summed E-state index contributed by atoms with van der Waals surface area (Å²) in [4.78, 5) is 52.3. The zero-order valence-corrected chi connectivity index (χ0v) is 36.3. The van der Waals surface area contributed by atoms with Gasteiger partial charge in [0.15, 0.2) is 6.10 Å². The lowest BCUT2D eigenvalue weighted by molar-refractivity contribution is -0.163. The molecule has 10 heteroatoms. The normalized spacial score (nSPS) is 10.5. The first-order valence-electron chi connectivity index (χ1n) is 22.3. The number of aliphatic carboxylic acids is 2. The van der Waals surface area contributed by atoms with Crippen LogP contribution in [-0.2, 0) is 38.2 Å². The fourth-order valence-corrected chi connectivity index (χ4v) is 6.07. The Morgan fingerprint density at radius 2 is 0.582 bits per heavy atom. The van der Waals surface area contributed by atoms with E-state index >= 15 is 0 Å². The number of carbonyl (C=O) groups excluding carboxylic acids is 3. The van der Waals surface area contributed by atoms with Gasteiger partial charge in [-0.25, -0.2) is 0 Å². The molecule has 0 atom stereocenters. The van der Waals surface area contributed by atoms with Crippen LogP contribution in [0.4, 0.5) is 0 Å². The molecule has 0 spiro atoms. The molecule has 0 amide bonds. The van der Waals surface area contributed by atoms with Gasteiger partial charge >= 0.3 is 29.8 Å². The Labute approximate surface area is 337 Å². The Bertz CT molecular complexity index is 814. The average molecular weight is 787 g/mol. The van der Waals surface area contributed by atoms with E-state index in [1.807, 2.05) is 0 Å². The predicted octanol–water partition coefficient (Wildman–Crippen LogP) is 12.7. The van der Waals surface area contributed by atoms with Gasteiger partial charge < -0.3 is 24.4 Å². The maximum absolute atomic E-state index is 10.6. The summed E-state index contributed by atoms with van der Waals surface area (Å²) in [5, 5.41) is 17.0. The van der Waals surface area contributed by atoms with Crippen LogP contribution < -0.4 is 0 Å². The van der Waals surface area contributed by atoms with Crippen molar-refractivity contribution in [2.75, 3.05) is 13.2 Å². The van der Waals surface area contributed by atoms with E-state index < -0.39 is 36.0 Å². The molecule has 0 radical (unpaired) electrons. The van der Waals surface area contributed by atoms with Gasteiger partial charge in [-0.3, -0.25) is 24.0 Å². The molecule has 0 bridgehead atoms. The number of carbonyl (C=O) groups is 5. The molecular weight excluding hydrogens is 700 g/mol. The molecule has 0 saturated carbocycles. The molecule has 10 nitrogen and oxygen atoms in total.